The topological polar surface area (TPSA) is 87.4 Å². The number of anilines is 1. The summed E-state index contributed by atoms with van der Waals surface area (Å²) in [6.07, 6.45) is 1.18. The van der Waals surface area contributed by atoms with Gasteiger partial charge in [-0.2, -0.15) is 5.10 Å². The van der Waals surface area contributed by atoms with Crippen LogP contribution in [-0.2, 0) is 18.3 Å². The van der Waals surface area contributed by atoms with Gasteiger partial charge in [0.05, 0.1) is 19.9 Å². The van der Waals surface area contributed by atoms with Gasteiger partial charge in [0.1, 0.15) is 16.9 Å². The lowest BCUT2D eigenvalue weighted by Gasteiger charge is -2.19. The van der Waals surface area contributed by atoms with Gasteiger partial charge in [-0.25, -0.2) is 9.48 Å². The van der Waals surface area contributed by atoms with Gasteiger partial charge in [0, 0.05) is 29.0 Å². The van der Waals surface area contributed by atoms with E-state index in [1.54, 1.807) is 46.2 Å². The minimum absolute atomic E-state index is 0.189. The Morgan fingerprint density at radius 1 is 1.12 bits per heavy atom. The lowest BCUT2D eigenvalue weighted by Crippen LogP contribution is -2.27. The molecule has 0 saturated carbocycles. The summed E-state index contributed by atoms with van der Waals surface area (Å²) in [6.45, 7) is 5.68. The molecule has 0 atom stereocenters. The fourth-order valence-electron chi connectivity index (χ4n) is 3.72. The molecule has 2 aromatic heterocycles. The molecule has 0 unspecified atom stereocenters. The smallest absolute Gasteiger partial charge is 0.412 e. The zero-order chi connectivity index (χ0) is 23.0. The molecule has 32 heavy (non-hydrogen) atoms. The van der Waals surface area contributed by atoms with E-state index < -0.39 is 11.7 Å². The Morgan fingerprint density at radius 2 is 1.91 bits per heavy atom. The molecule has 8 heteroatoms. The third-order valence-corrected chi connectivity index (χ3v) is 5.11. The van der Waals surface area contributed by atoms with Crippen LogP contribution in [0.4, 0.5) is 10.5 Å². The molecule has 1 amide bonds. The van der Waals surface area contributed by atoms with Gasteiger partial charge in [-0.3, -0.25) is 10.1 Å². The van der Waals surface area contributed by atoms with E-state index in [0.29, 0.717) is 11.2 Å². The third kappa shape index (κ3) is 4.16. The maximum absolute atomic E-state index is 13.3. The van der Waals surface area contributed by atoms with Crippen molar-refractivity contribution in [3.63, 3.8) is 0 Å². The van der Waals surface area contributed by atoms with Crippen molar-refractivity contribution in [3.05, 3.63) is 64.6 Å². The van der Waals surface area contributed by atoms with E-state index in [0.717, 1.165) is 27.6 Å². The summed E-state index contributed by atoms with van der Waals surface area (Å²) in [7, 11) is 3.48. The van der Waals surface area contributed by atoms with Gasteiger partial charge in [-0.1, -0.05) is 12.1 Å². The van der Waals surface area contributed by atoms with Crippen molar-refractivity contribution in [2.45, 2.75) is 32.9 Å². The first-order valence-corrected chi connectivity index (χ1v) is 10.3. The van der Waals surface area contributed by atoms with Crippen molar-refractivity contribution in [2.24, 2.45) is 7.05 Å². The number of rotatable bonds is 4. The highest BCUT2D eigenvalue weighted by Gasteiger charge is 2.17. The van der Waals surface area contributed by atoms with Gasteiger partial charge in [0.2, 0.25) is 0 Å². The molecular formula is C24H26N4O4. The predicted molar refractivity (Wildman–Crippen MR) is 124 cm³/mol. The number of nitrogens with one attached hydrogen (secondary N) is 1. The number of fused-ring (bicyclic) bond motifs is 3. The van der Waals surface area contributed by atoms with E-state index in [4.69, 9.17) is 9.47 Å². The highest BCUT2D eigenvalue weighted by Crippen LogP contribution is 2.28. The minimum Gasteiger partial charge on any atom is -0.497 e. The summed E-state index contributed by atoms with van der Waals surface area (Å²) in [4.78, 5) is 25.3. The van der Waals surface area contributed by atoms with Crippen LogP contribution in [0.25, 0.3) is 21.8 Å². The Hall–Kier alpha value is -3.81. The molecule has 0 aliphatic heterocycles. The summed E-state index contributed by atoms with van der Waals surface area (Å²) in [6, 6.07) is 13.0. The number of hydrogen-bond acceptors (Lipinski definition) is 5. The maximum Gasteiger partial charge on any atom is 0.412 e. The molecule has 2 aromatic carbocycles. The van der Waals surface area contributed by atoms with E-state index in [1.165, 1.54) is 4.68 Å². The van der Waals surface area contributed by atoms with Crippen LogP contribution in [-0.4, -0.2) is 33.2 Å². The second-order valence-electron chi connectivity index (χ2n) is 8.64. The summed E-state index contributed by atoms with van der Waals surface area (Å²) in [5.74, 6) is 0.725. The first-order chi connectivity index (χ1) is 15.2. The Balaban J connectivity index is 1.66. The van der Waals surface area contributed by atoms with Gasteiger partial charge in [-0.15, -0.1) is 0 Å². The molecule has 0 radical (unpaired) electrons. The average Bonchev–Trinajstić information content (AvgIpc) is 3.01. The second kappa shape index (κ2) is 8.03. The SMILES string of the molecule is COc1ccc2c(c1)c1cnn(Cc3cccc(NC(=O)OC(C)(C)C)c3)c(=O)c1n2C. The molecule has 0 saturated heterocycles. The van der Waals surface area contributed by atoms with Gasteiger partial charge in [0.25, 0.3) is 5.56 Å². The van der Waals surface area contributed by atoms with Crippen LogP contribution in [0.1, 0.15) is 26.3 Å². The maximum atomic E-state index is 13.3. The van der Waals surface area contributed by atoms with Gasteiger partial charge < -0.3 is 14.0 Å². The zero-order valence-corrected chi connectivity index (χ0v) is 18.8. The number of nitrogens with zero attached hydrogens (tertiary/aromatic N) is 3. The Bertz CT molecular complexity index is 1380. The van der Waals surface area contributed by atoms with Crippen LogP contribution in [0.2, 0.25) is 0 Å². The summed E-state index contributed by atoms with van der Waals surface area (Å²) < 4.78 is 13.9. The molecule has 0 spiro atoms. The van der Waals surface area contributed by atoms with Crippen LogP contribution in [0, 0.1) is 0 Å². The Kier molecular flexibility index (Phi) is 5.38. The van der Waals surface area contributed by atoms with Crippen LogP contribution >= 0.6 is 0 Å². The molecule has 0 aliphatic rings. The third-order valence-electron chi connectivity index (χ3n) is 5.11. The number of methoxy groups -OCH3 is 1. The number of aromatic nitrogens is 3. The number of benzene rings is 2. The average molecular weight is 434 g/mol. The van der Waals surface area contributed by atoms with Crippen molar-refractivity contribution >= 4 is 33.6 Å². The van der Waals surface area contributed by atoms with Crippen LogP contribution < -0.4 is 15.6 Å². The first-order valence-electron chi connectivity index (χ1n) is 10.3. The number of carbonyl (C=O) groups is 1. The quantitative estimate of drug-likeness (QED) is 0.518. The van der Waals surface area contributed by atoms with E-state index in [2.05, 4.69) is 10.4 Å². The summed E-state index contributed by atoms with van der Waals surface area (Å²) in [5, 5.41) is 8.82. The van der Waals surface area contributed by atoms with Crippen LogP contribution in [0.15, 0.2) is 53.5 Å². The summed E-state index contributed by atoms with van der Waals surface area (Å²) >= 11 is 0. The minimum atomic E-state index is -0.586. The van der Waals surface area contributed by atoms with Crippen molar-refractivity contribution in [3.8, 4) is 5.75 Å². The van der Waals surface area contributed by atoms with Crippen molar-refractivity contribution in [1.82, 2.24) is 14.3 Å². The molecule has 0 fully saturated rings. The highest BCUT2D eigenvalue weighted by molar-refractivity contribution is 6.07. The van der Waals surface area contributed by atoms with Crippen molar-refractivity contribution in [1.29, 1.82) is 0 Å². The lowest BCUT2D eigenvalue weighted by molar-refractivity contribution is 0.0636. The van der Waals surface area contributed by atoms with Crippen LogP contribution in [0.5, 0.6) is 5.75 Å². The van der Waals surface area contributed by atoms with E-state index >= 15 is 0 Å². The molecule has 0 aliphatic carbocycles. The predicted octanol–water partition coefficient (Wildman–Crippen LogP) is 4.29. The fourth-order valence-corrected chi connectivity index (χ4v) is 3.72. The fraction of sp³-hybridized carbons (Fsp3) is 0.292. The second-order valence-corrected chi connectivity index (χ2v) is 8.64. The van der Waals surface area contributed by atoms with Crippen molar-refractivity contribution in [2.75, 3.05) is 12.4 Å². The standard InChI is InChI=1S/C24H26N4O4/c1-24(2,3)32-23(30)26-16-8-6-7-15(11-16)14-28-22(29)21-19(13-25-28)18-12-17(31-5)9-10-20(18)27(21)4/h6-13H,14H2,1-5H3,(H,26,30). The normalized spacial score (nSPS) is 11.7. The highest BCUT2D eigenvalue weighted by atomic mass is 16.6. The number of aryl methyl sites for hydroxylation is 1. The molecule has 2 heterocycles. The Morgan fingerprint density at radius 3 is 2.62 bits per heavy atom. The van der Waals surface area contributed by atoms with E-state index in [1.807, 2.05) is 41.9 Å². The summed E-state index contributed by atoms with van der Waals surface area (Å²) in [5.41, 5.74) is 2.14. The Labute approximate surface area is 185 Å². The lowest BCUT2D eigenvalue weighted by atomic mass is 10.2. The largest absolute Gasteiger partial charge is 0.497 e. The molecule has 1 N–H and O–H groups in total. The number of ether oxygens (including phenoxy) is 2. The van der Waals surface area contributed by atoms with Crippen molar-refractivity contribution < 1.29 is 14.3 Å². The van der Waals surface area contributed by atoms with Crippen LogP contribution in [0.3, 0.4) is 0 Å². The van der Waals surface area contributed by atoms with Gasteiger partial charge in [-0.05, 0) is 56.7 Å². The molecular weight excluding hydrogens is 408 g/mol. The van der Waals surface area contributed by atoms with E-state index in [9.17, 15) is 9.59 Å². The van der Waals surface area contributed by atoms with Gasteiger partial charge in [0.15, 0.2) is 0 Å². The molecule has 0 bridgehead atoms. The monoisotopic (exact) mass is 434 g/mol. The molecule has 4 rings (SSSR count). The number of carbonyl (C=O) groups excluding carboxylic acids is 1. The van der Waals surface area contributed by atoms with E-state index in [-0.39, 0.29) is 12.1 Å². The first kappa shape index (κ1) is 21.4. The number of hydrogen-bond donors (Lipinski definition) is 1. The zero-order valence-electron chi connectivity index (χ0n) is 18.8. The molecule has 4 aromatic rings. The molecule has 8 nitrogen and oxygen atoms in total. The number of amides is 1. The van der Waals surface area contributed by atoms with Gasteiger partial charge >= 0.3 is 6.09 Å². The molecule has 166 valence electrons.